The largest absolute Gasteiger partial charge is 0.377 e. The van der Waals surface area contributed by atoms with Crippen molar-refractivity contribution in [2.75, 3.05) is 26.7 Å². The Bertz CT molecular complexity index is 95.3. The molecule has 1 heterocycles. The highest BCUT2D eigenvalue weighted by Crippen LogP contribution is 2.05. The first-order valence-electron chi connectivity index (χ1n) is 4.13. The van der Waals surface area contributed by atoms with Gasteiger partial charge in [0, 0.05) is 19.7 Å². The zero-order chi connectivity index (χ0) is 7.40. The Kier molecular flexibility index (Phi) is 3.16. The van der Waals surface area contributed by atoms with E-state index in [2.05, 4.69) is 18.9 Å². The van der Waals surface area contributed by atoms with Crippen molar-refractivity contribution in [1.29, 1.82) is 0 Å². The lowest BCUT2D eigenvalue weighted by molar-refractivity contribution is 0.0549. The molecule has 1 fully saturated rings. The monoisotopic (exact) mass is 143 g/mol. The van der Waals surface area contributed by atoms with Gasteiger partial charge >= 0.3 is 0 Å². The Morgan fingerprint density at radius 2 is 2.40 bits per heavy atom. The molecule has 1 rings (SSSR count). The molecule has 1 saturated heterocycles. The van der Waals surface area contributed by atoms with Crippen LogP contribution in [0.15, 0.2) is 0 Å². The summed E-state index contributed by atoms with van der Waals surface area (Å²) in [6.07, 6.45) is 2.81. The SMILES string of the molecule is CC[C@@H]1CN(C)CCCO1. The molecule has 1 aliphatic rings. The van der Waals surface area contributed by atoms with Crippen molar-refractivity contribution in [1.82, 2.24) is 4.90 Å². The van der Waals surface area contributed by atoms with E-state index in [1.807, 2.05) is 0 Å². The van der Waals surface area contributed by atoms with E-state index in [1.165, 1.54) is 13.0 Å². The second-order valence-corrected chi connectivity index (χ2v) is 3.02. The Balaban J connectivity index is 2.30. The normalized spacial score (nSPS) is 30.0. The number of ether oxygens (including phenoxy) is 1. The minimum absolute atomic E-state index is 0.479. The summed E-state index contributed by atoms with van der Waals surface area (Å²) in [4.78, 5) is 2.35. The fourth-order valence-electron chi connectivity index (χ4n) is 1.32. The maximum atomic E-state index is 5.58. The molecule has 0 aliphatic carbocycles. The zero-order valence-corrected chi connectivity index (χ0v) is 6.97. The molecular formula is C8H17NO. The van der Waals surface area contributed by atoms with E-state index in [1.54, 1.807) is 0 Å². The van der Waals surface area contributed by atoms with E-state index in [0.717, 1.165) is 19.6 Å². The molecule has 0 saturated carbocycles. The number of hydrogen-bond acceptors (Lipinski definition) is 2. The first kappa shape index (κ1) is 8.02. The Morgan fingerprint density at radius 1 is 1.60 bits per heavy atom. The van der Waals surface area contributed by atoms with E-state index >= 15 is 0 Å². The van der Waals surface area contributed by atoms with Gasteiger partial charge < -0.3 is 9.64 Å². The van der Waals surface area contributed by atoms with Crippen LogP contribution in [0.3, 0.4) is 0 Å². The summed E-state index contributed by atoms with van der Waals surface area (Å²) < 4.78 is 5.58. The van der Waals surface area contributed by atoms with Gasteiger partial charge in [-0.1, -0.05) is 6.92 Å². The second kappa shape index (κ2) is 3.94. The molecule has 0 radical (unpaired) electrons. The van der Waals surface area contributed by atoms with Crippen molar-refractivity contribution in [2.24, 2.45) is 0 Å². The van der Waals surface area contributed by atoms with Gasteiger partial charge in [0.25, 0.3) is 0 Å². The van der Waals surface area contributed by atoms with Gasteiger partial charge in [0.1, 0.15) is 0 Å². The molecule has 1 atom stereocenters. The summed E-state index contributed by atoms with van der Waals surface area (Å²) in [5.74, 6) is 0. The van der Waals surface area contributed by atoms with Gasteiger partial charge in [-0.25, -0.2) is 0 Å². The molecule has 0 bridgehead atoms. The average molecular weight is 143 g/mol. The minimum atomic E-state index is 0.479. The van der Waals surface area contributed by atoms with Gasteiger partial charge in [0.05, 0.1) is 6.10 Å². The van der Waals surface area contributed by atoms with Crippen molar-refractivity contribution in [2.45, 2.75) is 25.9 Å². The van der Waals surface area contributed by atoms with Crippen LogP contribution in [0.1, 0.15) is 19.8 Å². The van der Waals surface area contributed by atoms with Gasteiger partial charge in [-0.15, -0.1) is 0 Å². The third kappa shape index (κ3) is 2.27. The van der Waals surface area contributed by atoms with Crippen LogP contribution in [-0.4, -0.2) is 37.7 Å². The first-order valence-corrected chi connectivity index (χ1v) is 4.13. The number of nitrogens with zero attached hydrogens (tertiary/aromatic N) is 1. The molecule has 10 heavy (non-hydrogen) atoms. The summed E-state index contributed by atoms with van der Waals surface area (Å²) in [6.45, 7) is 5.43. The summed E-state index contributed by atoms with van der Waals surface area (Å²) in [5, 5.41) is 0. The molecule has 0 spiro atoms. The predicted molar refractivity (Wildman–Crippen MR) is 42.1 cm³/mol. The lowest BCUT2D eigenvalue weighted by Gasteiger charge is -2.17. The lowest BCUT2D eigenvalue weighted by atomic mass is 10.3. The molecule has 2 nitrogen and oxygen atoms in total. The lowest BCUT2D eigenvalue weighted by Crippen LogP contribution is -2.27. The molecule has 0 aromatic heterocycles. The number of likely N-dealkylation sites (N-methyl/N-ethyl adjacent to an activating group) is 1. The maximum Gasteiger partial charge on any atom is 0.0699 e. The summed E-state index contributed by atoms with van der Waals surface area (Å²) >= 11 is 0. The van der Waals surface area contributed by atoms with E-state index in [-0.39, 0.29) is 0 Å². The molecule has 0 unspecified atom stereocenters. The van der Waals surface area contributed by atoms with Crippen molar-refractivity contribution in [3.05, 3.63) is 0 Å². The molecule has 1 aliphatic heterocycles. The van der Waals surface area contributed by atoms with Crippen LogP contribution >= 0.6 is 0 Å². The Hall–Kier alpha value is -0.0800. The summed E-state index contributed by atoms with van der Waals surface area (Å²) in [5.41, 5.74) is 0. The van der Waals surface area contributed by atoms with Gasteiger partial charge in [-0.2, -0.15) is 0 Å². The predicted octanol–water partition coefficient (Wildman–Crippen LogP) is 1.12. The standard InChI is InChI=1S/C8H17NO/c1-3-8-7-9(2)5-4-6-10-8/h8H,3-7H2,1-2H3/t8-/m1/s1. The van der Waals surface area contributed by atoms with Crippen LogP contribution in [0.25, 0.3) is 0 Å². The van der Waals surface area contributed by atoms with Crippen LogP contribution in [0.4, 0.5) is 0 Å². The van der Waals surface area contributed by atoms with Crippen LogP contribution in [-0.2, 0) is 4.74 Å². The third-order valence-electron chi connectivity index (χ3n) is 2.01. The zero-order valence-electron chi connectivity index (χ0n) is 6.97. The molecule has 0 amide bonds. The molecule has 60 valence electrons. The topological polar surface area (TPSA) is 12.5 Å². The third-order valence-corrected chi connectivity index (χ3v) is 2.01. The van der Waals surface area contributed by atoms with Crippen LogP contribution in [0.5, 0.6) is 0 Å². The van der Waals surface area contributed by atoms with Crippen molar-refractivity contribution >= 4 is 0 Å². The smallest absolute Gasteiger partial charge is 0.0699 e. The fraction of sp³-hybridized carbons (Fsp3) is 1.00. The highest BCUT2D eigenvalue weighted by molar-refractivity contribution is 4.65. The Labute approximate surface area is 63.2 Å². The van der Waals surface area contributed by atoms with Crippen LogP contribution in [0.2, 0.25) is 0 Å². The summed E-state index contributed by atoms with van der Waals surface area (Å²) in [6, 6.07) is 0. The average Bonchev–Trinajstić information content (AvgIpc) is 2.13. The Morgan fingerprint density at radius 3 is 3.10 bits per heavy atom. The van der Waals surface area contributed by atoms with Crippen LogP contribution < -0.4 is 0 Å². The van der Waals surface area contributed by atoms with Crippen molar-refractivity contribution in [3.63, 3.8) is 0 Å². The van der Waals surface area contributed by atoms with Gasteiger partial charge in [-0.3, -0.25) is 0 Å². The van der Waals surface area contributed by atoms with E-state index in [0.29, 0.717) is 6.10 Å². The molecule has 0 aromatic carbocycles. The highest BCUT2D eigenvalue weighted by atomic mass is 16.5. The van der Waals surface area contributed by atoms with Gasteiger partial charge in [0.2, 0.25) is 0 Å². The number of hydrogen-bond donors (Lipinski definition) is 0. The maximum absolute atomic E-state index is 5.58. The van der Waals surface area contributed by atoms with E-state index < -0.39 is 0 Å². The summed E-state index contributed by atoms with van der Waals surface area (Å²) in [7, 11) is 2.16. The molecule has 0 aromatic rings. The van der Waals surface area contributed by atoms with E-state index in [9.17, 15) is 0 Å². The fourth-order valence-corrected chi connectivity index (χ4v) is 1.32. The molecule has 0 N–H and O–H groups in total. The first-order chi connectivity index (χ1) is 4.83. The molecular weight excluding hydrogens is 126 g/mol. The molecule has 2 heteroatoms. The quantitative estimate of drug-likeness (QED) is 0.545. The van der Waals surface area contributed by atoms with Crippen molar-refractivity contribution in [3.8, 4) is 0 Å². The highest BCUT2D eigenvalue weighted by Gasteiger charge is 2.12. The van der Waals surface area contributed by atoms with Gasteiger partial charge in [-0.05, 0) is 19.9 Å². The number of rotatable bonds is 1. The minimum Gasteiger partial charge on any atom is -0.377 e. The van der Waals surface area contributed by atoms with Crippen molar-refractivity contribution < 1.29 is 4.74 Å². The second-order valence-electron chi connectivity index (χ2n) is 3.02. The van der Waals surface area contributed by atoms with E-state index in [4.69, 9.17) is 4.74 Å². The van der Waals surface area contributed by atoms with Gasteiger partial charge in [0.15, 0.2) is 0 Å². The van der Waals surface area contributed by atoms with Crippen LogP contribution in [0, 0.1) is 0 Å².